The Bertz CT molecular complexity index is 295. The van der Waals surface area contributed by atoms with Gasteiger partial charge in [0.1, 0.15) is 5.60 Å². The lowest BCUT2D eigenvalue weighted by atomic mass is 10.2. The Kier molecular flexibility index (Phi) is 4.37. The molecule has 0 heterocycles. The number of amides is 1. The van der Waals surface area contributed by atoms with Crippen molar-refractivity contribution in [3.63, 3.8) is 0 Å². The lowest BCUT2D eigenvalue weighted by molar-refractivity contribution is -0.145. The van der Waals surface area contributed by atoms with Crippen molar-refractivity contribution in [2.24, 2.45) is 11.8 Å². The number of esters is 1. The minimum atomic E-state index is -0.492. The number of hydrogen-bond acceptors (Lipinski definition) is 4. The molecule has 0 aromatic carbocycles. The fourth-order valence-corrected chi connectivity index (χ4v) is 1.54. The van der Waals surface area contributed by atoms with Gasteiger partial charge in [-0.3, -0.25) is 4.79 Å². The van der Waals surface area contributed by atoms with Crippen molar-refractivity contribution in [3.8, 4) is 0 Å². The molecule has 0 radical (unpaired) electrons. The van der Waals surface area contributed by atoms with E-state index in [4.69, 9.17) is 9.47 Å². The van der Waals surface area contributed by atoms with Crippen molar-refractivity contribution in [1.82, 2.24) is 5.32 Å². The standard InChI is InChI=1S/C12H21NO4/c1-5-16-10(14)9-6-8(9)7-13-11(15)17-12(2,3)4/h8-9H,5-7H2,1-4H3,(H,13,15)/t8-,9?/m1/s1. The third-order valence-electron chi connectivity index (χ3n) is 2.42. The Labute approximate surface area is 102 Å². The largest absolute Gasteiger partial charge is 0.466 e. The van der Waals surface area contributed by atoms with Crippen molar-refractivity contribution >= 4 is 12.1 Å². The summed E-state index contributed by atoms with van der Waals surface area (Å²) in [5.74, 6) is -0.0186. The third-order valence-corrected chi connectivity index (χ3v) is 2.42. The first-order chi connectivity index (χ1) is 7.83. The first kappa shape index (κ1) is 13.8. The molecule has 2 atom stereocenters. The zero-order valence-electron chi connectivity index (χ0n) is 10.9. The zero-order chi connectivity index (χ0) is 13.1. The van der Waals surface area contributed by atoms with E-state index in [1.807, 2.05) is 20.8 Å². The quantitative estimate of drug-likeness (QED) is 0.763. The number of nitrogens with one attached hydrogen (secondary N) is 1. The maximum atomic E-state index is 11.3. The molecule has 0 bridgehead atoms. The monoisotopic (exact) mass is 243 g/mol. The number of hydrogen-bond donors (Lipinski definition) is 1. The molecule has 1 unspecified atom stereocenters. The summed E-state index contributed by atoms with van der Waals surface area (Å²) in [6, 6.07) is 0. The van der Waals surface area contributed by atoms with Gasteiger partial charge in [-0.1, -0.05) is 0 Å². The van der Waals surface area contributed by atoms with Crippen LogP contribution in [0, 0.1) is 11.8 Å². The Morgan fingerprint density at radius 1 is 1.35 bits per heavy atom. The van der Waals surface area contributed by atoms with E-state index in [0.717, 1.165) is 6.42 Å². The molecule has 1 aliphatic rings. The molecule has 0 aromatic heterocycles. The summed E-state index contributed by atoms with van der Waals surface area (Å²) < 4.78 is 9.99. The number of alkyl carbamates (subject to hydrolysis) is 1. The molecule has 1 saturated carbocycles. The van der Waals surface area contributed by atoms with Crippen molar-refractivity contribution in [3.05, 3.63) is 0 Å². The van der Waals surface area contributed by atoms with E-state index in [9.17, 15) is 9.59 Å². The van der Waals surface area contributed by atoms with E-state index in [0.29, 0.717) is 13.2 Å². The van der Waals surface area contributed by atoms with E-state index in [2.05, 4.69) is 5.32 Å². The molecular formula is C12H21NO4. The van der Waals surface area contributed by atoms with Crippen molar-refractivity contribution in [2.45, 2.75) is 39.7 Å². The molecular weight excluding hydrogens is 222 g/mol. The van der Waals surface area contributed by atoms with E-state index in [1.165, 1.54) is 0 Å². The molecule has 17 heavy (non-hydrogen) atoms. The van der Waals surface area contributed by atoms with Gasteiger partial charge in [0.15, 0.2) is 0 Å². The van der Waals surface area contributed by atoms with Crippen LogP contribution in [0.2, 0.25) is 0 Å². The van der Waals surface area contributed by atoms with Crippen LogP contribution in [-0.4, -0.2) is 30.8 Å². The Balaban J connectivity index is 2.17. The fourth-order valence-electron chi connectivity index (χ4n) is 1.54. The van der Waals surface area contributed by atoms with Gasteiger partial charge in [-0.2, -0.15) is 0 Å². The van der Waals surface area contributed by atoms with Crippen LogP contribution in [0.25, 0.3) is 0 Å². The number of ether oxygens (including phenoxy) is 2. The molecule has 98 valence electrons. The van der Waals surface area contributed by atoms with Crippen LogP contribution in [0.1, 0.15) is 34.1 Å². The summed E-state index contributed by atoms with van der Waals surface area (Å²) in [6.07, 6.45) is 0.348. The lowest BCUT2D eigenvalue weighted by Crippen LogP contribution is -2.33. The van der Waals surface area contributed by atoms with E-state index in [-0.39, 0.29) is 17.8 Å². The summed E-state index contributed by atoms with van der Waals surface area (Å²) in [5.41, 5.74) is -0.492. The topological polar surface area (TPSA) is 64.6 Å². The highest BCUT2D eigenvalue weighted by atomic mass is 16.6. The second-order valence-corrected chi connectivity index (χ2v) is 5.24. The van der Waals surface area contributed by atoms with Gasteiger partial charge in [0.25, 0.3) is 0 Å². The molecule has 1 rings (SSSR count). The smallest absolute Gasteiger partial charge is 0.407 e. The lowest BCUT2D eigenvalue weighted by Gasteiger charge is -2.19. The van der Waals surface area contributed by atoms with E-state index >= 15 is 0 Å². The molecule has 5 nitrogen and oxygen atoms in total. The van der Waals surface area contributed by atoms with Crippen LogP contribution in [0.5, 0.6) is 0 Å². The van der Waals surface area contributed by atoms with Crippen LogP contribution in [0.3, 0.4) is 0 Å². The summed E-state index contributed by atoms with van der Waals surface area (Å²) in [5, 5.41) is 2.66. The molecule has 0 aromatic rings. The molecule has 1 aliphatic carbocycles. The molecule has 1 fully saturated rings. The third kappa shape index (κ3) is 5.06. The summed E-state index contributed by atoms with van der Waals surface area (Å²) in [6.45, 7) is 8.09. The molecule has 0 saturated heterocycles. The SMILES string of the molecule is CCOC(=O)C1C[C@@H]1CNC(=O)OC(C)(C)C. The average Bonchev–Trinajstić information content (AvgIpc) is 2.91. The number of carbonyl (C=O) groups excluding carboxylic acids is 2. The van der Waals surface area contributed by atoms with Gasteiger partial charge in [0.2, 0.25) is 0 Å². The van der Waals surface area contributed by atoms with Crippen molar-refractivity contribution < 1.29 is 19.1 Å². The van der Waals surface area contributed by atoms with Gasteiger partial charge >= 0.3 is 12.1 Å². The predicted molar refractivity (Wildman–Crippen MR) is 62.5 cm³/mol. The van der Waals surface area contributed by atoms with Crippen LogP contribution >= 0.6 is 0 Å². The molecule has 5 heteroatoms. The first-order valence-electron chi connectivity index (χ1n) is 5.97. The van der Waals surface area contributed by atoms with Gasteiger partial charge in [-0.25, -0.2) is 4.79 Å². The van der Waals surface area contributed by atoms with Gasteiger partial charge in [-0.15, -0.1) is 0 Å². The second kappa shape index (κ2) is 5.38. The highest BCUT2D eigenvalue weighted by Gasteiger charge is 2.44. The Morgan fingerprint density at radius 2 is 2.00 bits per heavy atom. The molecule has 0 aliphatic heterocycles. The van der Waals surface area contributed by atoms with Crippen LogP contribution < -0.4 is 5.32 Å². The van der Waals surface area contributed by atoms with Gasteiger partial charge < -0.3 is 14.8 Å². The first-order valence-corrected chi connectivity index (χ1v) is 5.97. The highest BCUT2D eigenvalue weighted by molar-refractivity contribution is 5.76. The Morgan fingerprint density at radius 3 is 2.53 bits per heavy atom. The molecule has 0 spiro atoms. The van der Waals surface area contributed by atoms with Crippen LogP contribution in [-0.2, 0) is 14.3 Å². The fraction of sp³-hybridized carbons (Fsp3) is 0.833. The summed E-state index contributed by atoms with van der Waals surface area (Å²) in [4.78, 5) is 22.7. The maximum absolute atomic E-state index is 11.3. The average molecular weight is 243 g/mol. The van der Waals surface area contributed by atoms with Crippen molar-refractivity contribution in [2.75, 3.05) is 13.2 Å². The minimum absolute atomic E-state index is 0.0510. The summed E-state index contributed by atoms with van der Waals surface area (Å²) in [7, 11) is 0. The number of rotatable bonds is 4. The maximum Gasteiger partial charge on any atom is 0.407 e. The molecule has 1 N–H and O–H groups in total. The minimum Gasteiger partial charge on any atom is -0.466 e. The Hall–Kier alpha value is -1.26. The van der Waals surface area contributed by atoms with E-state index in [1.54, 1.807) is 6.92 Å². The number of carbonyl (C=O) groups is 2. The van der Waals surface area contributed by atoms with Crippen LogP contribution in [0.15, 0.2) is 0 Å². The van der Waals surface area contributed by atoms with Crippen LogP contribution in [0.4, 0.5) is 4.79 Å². The van der Waals surface area contributed by atoms with Gasteiger partial charge in [0, 0.05) is 6.54 Å². The second-order valence-electron chi connectivity index (χ2n) is 5.24. The van der Waals surface area contributed by atoms with Gasteiger partial charge in [-0.05, 0) is 40.0 Å². The van der Waals surface area contributed by atoms with E-state index < -0.39 is 11.7 Å². The van der Waals surface area contributed by atoms with Gasteiger partial charge in [0.05, 0.1) is 12.5 Å². The molecule has 1 amide bonds. The summed E-state index contributed by atoms with van der Waals surface area (Å²) >= 11 is 0. The predicted octanol–water partition coefficient (Wildman–Crippen LogP) is 1.71. The van der Waals surface area contributed by atoms with Crippen molar-refractivity contribution in [1.29, 1.82) is 0 Å². The normalized spacial score (nSPS) is 22.8. The zero-order valence-corrected chi connectivity index (χ0v) is 10.9. The highest BCUT2D eigenvalue weighted by Crippen LogP contribution is 2.38.